The van der Waals surface area contributed by atoms with Gasteiger partial charge in [-0.25, -0.2) is 0 Å². The second-order valence-corrected chi connectivity index (χ2v) is 4.46. The van der Waals surface area contributed by atoms with E-state index < -0.39 is 12.2 Å². The Morgan fingerprint density at radius 3 is 2.82 bits per heavy atom. The molecule has 0 fully saturated rings. The molecular weight excluding hydrogens is 224 g/mol. The monoisotopic (exact) mass is 236 g/mol. The van der Waals surface area contributed by atoms with Crippen LogP contribution in [0, 0.1) is 0 Å². The highest BCUT2D eigenvalue weighted by atomic mass is 16.5. The number of rotatable bonds is 0. The zero-order valence-electron chi connectivity index (χ0n) is 9.01. The molecule has 90 valence electrons. The average molecular weight is 236 g/mol. The van der Waals surface area contributed by atoms with Crippen molar-refractivity contribution in [3.05, 3.63) is 28.3 Å². The Labute approximate surface area is 97.3 Å². The summed E-state index contributed by atoms with van der Waals surface area (Å²) in [6.45, 7) is 0.632. The number of benzene rings is 1. The minimum atomic E-state index is -1.13. The molecule has 0 unspecified atom stereocenters. The summed E-state index contributed by atoms with van der Waals surface area (Å²) in [6.07, 6.45) is -2.39. The number of aliphatic hydroxyl groups is 2. The van der Waals surface area contributed by atoms with Crippen LogP contribution in [0.5, 0.6) is 5.75 Å². The van der Waals surface area contributed by atoms with Gasteiger partial charge in [0.2, 0.25) is 0 Å². The molecule has 0 aromatic heterocycles. The molecule has 3 rings (SSSR count). The van der Waals surface area contributed by atoms with Gasteiger partial charge < -0.3 is 20.1 Å². The lowest BCUT2D eigenvalue weighted by Crippen LogP contribution is -2.29. The van der Waals surface area contributed by atoms with Crippen LogP contribution in [0.15, 0.2) is 6.07 Å². The van der Waals surface area contributed by atoms with Crippen LogP contribution in [0.3, 0.4) is 0 Å². The van der Waals surface area contributed by atoms with Crippen LogP contribution in [0.25, 0.3) is 0 Å². The first-order chi connectivity index (χ1) is 8.09. The molecule has 1 heterocycles. The van der Waals surface area contributed by atoms with Gasteiger partial charge in [0.1, 0.15) is 11.9 Å². The van der Waals surface area contributed by atoms with Crippen molar-refractivity contribution in [2.45, 2.75) is 31.8 Å². The minimum Gasteiger partial charge on any atom is -0.507 e. The minimum absolute atomic E-state index is 0.106. The lowest BCUT2D eigenvalue weighted by molar-refractivity contribution is 0.00838. The third-order valence-electron chi connectivity index (χ3n) is 3.39. The number of hydrogen-bond donors (Lipinski definition) is 3. The van der Waals surface area contributed by atoms with E-state index in [4.69, 9.17) is 4.74 Å². The number of ether oxygens (including phenoxy) is 1. The maximum Gasteiger partial charge on any atom is 0.169 e. The molecule has 0 radical (unpaired) electrons. The quantitative estimate of drug-likeness (QED) is 0.607. The molecule has 0 bridgehead atoms. The molecule has 3 N–H and O–H groups in total. The van der Waals surface area contributed by atoms with Crippen molar-refractivity contribution in [1.82, 2.24) is 0 Å². The largest absolute Gasteiger partial charge is 0.507 e. The summed E-state index contributed by atoms with van der Waals surface area (Å²) in [5.41, 5.74) is 1.81. The number of carbonyl (C=O) groups is 1. The van der Waals surface area contributed by atoms with Gasteiger partial charge >= 0.3 is 0 Å². The summed E-state index contributed by atoms with van der Waals surface area (Å²) >= 11 is 0. The highest BCUT2D eigenvalue weighted by Gasteiger charge is 2.36. The number of aliphatic hydroxyl groups excluding tert-OH is 2. The van der Waals surface area contributed by atoms with E-state index >= 15 is 0 Å². The van der Waals surface area contributed by atoms with Crippen LogP contribution in [-0.4, -0.2) is 27.2 Å². The van der Waals surface area contributed by atoms with Crippen molar-refractivity contribution >= 4 is 5.78 Å². The molecule has 5 heteroatoms. The second-order valence-electron chi connectivity index (χ2n) is 4.46. The van der Waals surface area contributed by atoms with Gasteiger partial charge in [0.25, 0.3) is 0 Å². The van der Waals surface area contributed by atoms with Gasteiger partial charge in [0.05, 0.1) is 24.9 Å². The predicted molar refractivity (Wildman–Crippen MR) is 56.5 cm³/mol. The van der Waals surface area contributed by atoms with Gasteiger partial charge in [-0.3, -0.25) is 4.79 Å². The van der Waals surface area contributed by atoms with Crippen molar-refractivity contribution in [1.29, 1.82) is 0 Å². The topological polar surface area (TPSA) is 87.0 Å². The van der Waals surface area contributed by atoms with E-state index in [2.05, 4.69) is 0 Å². The highest BCUT2D eigenvalue weighted by molar-refractivity contribution is 6.02. The number of hydrogen-bond acceptors (Lipinski definition) is 5. The summed E-state index contributed by atoms with van der Waals surface area (Å²) < 4.78 is 5.20. The number of carbonyl (C=O) groups excluding carboxylic acids is 1. The van der Waals surface area contributed by atoms with Crippen LogP contribution in [-0.2, 0) is 18.0 Å². The molecule has 1 aliphatic carbocycles. The lowest BCUT2D eigenvalue weighted by Gasteiger charge is -2.26. The van der Waals surface area contributed by atoms with Gasteiger partial charge in [0.15, 0.2) is 5.78 Å². The molecule has 2 aliphatic rings. The summed E-state index contributed by atoms with van der Waals surface area (Å²) in [4.78, 5) is 11.8. The van der Waals surface area contributed by atoms with E-state index in [0.29, 0.717) is 17.7 Å². The molecule has 1 aromatic carbocycles. The SMILES string of the molecule is O=C1C[C@@H](O)[C@H](O)c2cc3c(c(O)c21)COC3. The van der Waals surface area contributed by atoms with Crippen molar-refractivity contribution in [2.24, 2.45) is 0 Å². The maximum atomic E-state index is 11.8. The first-order valence-corrected chi connectivity index (χ1v) is 5.44. The molecule has 0 spiro atoms. The second kappa shape index (κ2) is 3.53. The van der Waals surface area contributed by atoms with E-state index in [1.165, 1.54) is 0 Å². The molecule has 5 nitrogen and oxygen atoms in total. The molecule has 17 heavy (non-hydrogen) atoms. The number of phenols is 1. The fourth-order valence-corrected chi connectivity index (χ4v) is 2.48. The average Bonchev–Trinajstić information content (AvgIpc) is 2.74. The van der Waals surface area contributed by atoms with Crippen LogP contribution < -0.4 is 0 Å². The Bertz CT molecular complexity index is 508. The third-order valence-corrected chi connectivity index (χ3v) is 3.39. The van der Waals surface area contributed by atoms with Crippen LogP contribution in [0.2, 0.25) is 0 Å². The van der Waals surface area contributed by atoms with E-state index in [1.54, 1.807) is 6.07 Å². The zero-order valence-corrected chi connectivity index (χ0v) is 9.01. The predicted octanol–water partition coefficient (Wildman–Crippen LogP) is 0.403. The van der Waals surface area contributed by atoms with Crippen molar-refractivity contribution in [3.63, 3.8) is 0 Å². The molecule has 1 aromatic rings. The van der Waals surface area contributed by atoms with Gasteiger partial charge in [-0.1, -0.05) is 0 Å². The summed E-state index contributed by atoms with van der Waals surface area (Å²) in [6, 6.07) is 1.64. The number of fused-ring (bicyclic) bond motifs is 2. The van der Waals surface area contributed by atoms with Crippen LogP contribution in [0.1, 0.15) is 39.6 Å². The van der Waals surface area contributed by atoms with Gasteiger partial charge in [-0.05, 0) is 17.2 Å². The smallest absolute Gasteiger partial charge is 0.169 e. The number of phenolic OH excluding ortho intramolecular Hbond substituents is 1. The maximum absolute atomic E-state index is 11.8. The van der Waals surface area contributed by atoms with Crippen molar-refractivity contribution < 1.29 is 24.9 Å². The molecule has 0 amide bonds. The standard InChI is InChI=1S/C12H12O5/c13-8-2-9(14)11(15)6-1-5-3-17-4-7(5)12(16)10(6)8/h1,9,11,14-16H,2-4H2/t9-,11-/m1/s1. The van der Waals surface area contributed by atoms with Crippen LogP contribution >= 0.6 is 0 Å². The van der Waals surface area contributed by atoms with Gasteiger partial charge in [-0.2, -0.15) is 0 Å². The molecular formula is C12H12O5. The molecule has 0 saturated heterocycles. The number of ketones is 1. The Hall–Kier alpha value is -1.43. The van der Waals surface area contributed by atoms with Gasteiger partial charge in [-0.15, -0.1) is 0 Å². The van der Waals surface area contributed by atoms with Crippen molar-refractivity contribution in [3.8, 4) is 5.75 Å². The van der Waals surface area contributed by atoms with E-state index in [9.17, 15) is 20.1 Å². The van der Waals surface area contributed by atoms with E-state index in [0.717, 1.165) is 5.56 Å². The summed E-state index contributed by atoms with van der Waals surface area (Å²) in [5, 5.41) is 29.4. The van der Waals surface area contributed by atoms with Crippen molar-refractivity contribution in [2.75, 3.05) is 0 Å². The fourth-order valence-electron chi connectivity index (χ4n) is 2.48. The Kier molecular flexibility index (Phi) is 2.22. The van der Waals surface area contributed by atoms with Gasteiger partial charge in [0, 0.05) is 12.0 Å². The summed E-state index contributed by atoms with van der Waals surface area (Å²) in [5.74, 6) is -0.448. The third kappa shape index (κ3) is 1.40. The molecule has 2 atom stereocenters. The molecule has 1 aliphatic heterocycles. The van der Waals surface area contributed by atoms with E-state index in [1.807, 2.05) is 0 Å². The summed E-state index contributed by atoms with van der Waals surface area (Å²) in [7, 11) is 0. The van der Waals surface area contributed by atoms with Crippen LogP contribution in [0.4, 0.5) is 0 Å². The Balaban J connectivity index is 2.26. The lowest BCUT2D eigenvalue weighted by atomic mass is 9.83. The first kappa shape index (κ1) is 10.7. The number of aromatic hydroxyl groups is 1. The van der Waals surface area contributed by atoms with E-state index in [-0.39, 0.29) is 30.1 Å². The zero-order chi connectivity index (χ0) is 12.2. The Morgan fingerprint density at radius 1 is 1.29 bits per heavy atom. The number of Topliss-reactive ketones (excluding diaryl/α,β-unsaturated/α-hetero) is 1. The Morgan fingerprint density at radius 2 is 2.06 bits per heavy atom. The highest BCUT2D eigenvalue weighted by Crippen LogP contribution is 2.41. The fraction of sp³-hybridized carbons (Fsp3) is 0.417. The normalized spacial score (nSPS) is 26.8. The first-order valence-electron chi connectivity index (χ1n) is 5.44. The molecule has 0 saturated carbocycles.